The summed E-state index contributed by atoms with van der Waals surface area (Å²) in [6.45, 7) is 1.13. The van der Waals surface area contributed by atoms with E-state index >= 15 is 0 Å². The summed E-state index contributed by atoms with van der Waals surface area (Å²) in [5.41, 5.74) is 5.86. The fourth-order valence-corrected chi connectivity index (χ4v) is 2.99. The van der Waals surface area contributed by atoms with Gasteiger partial charge in [-0.2, -0.15) is 0 Å². The van der Waals surface area contributed by atoms with Crippen molar-refractivity contribution in [1.82, 2.24) is 0 Å². The third-order valence-corrected chi connectivity index (χ3v) is 4.10. The van der Waals surface area contributed by atoms with Crippen LogP contribution >= 0.6 is 0 Å². The van der Waals surface area contributed by atoms with Crippen molar-refractivity contribution >= 4 is 11.6 Å². The van der Waals surface area contributed by atoms with E-state index in [-0.39, 0.29) is 5.91 Å². The van der Waals surface area contributed by atoms with Crippen molar-refractivity contribution in [3.63, 3.8) is 0 Å². The Morgan fingerprint density at radius 1 is 1.10 bits per heavy atom. The number of hydrogen-bond donors (Lipinski definition) is 2. The van der Waals surface area contributed by atoms with E-state index in [9.17, 15) is 4.79 Å². The summed E-state index contributed by atoms with van der Waals surface area (Å²) in [5.74, 6) is 1.20. The first-order valence-corrected chi connectivity index (χ1v) is 7.17. The molecule has 2 aliphatic rings. The molecule has 1 heterocycles. The monoisotopic (exact) mass is 276 g/mol. The van der Waals surface area contributed by atoms with E-state index in [1.54, 1.807) is 0 Å². The lowest BCUT2D eigenvalue weighted by Crippen LogP contribution is -2.51. The highest BCUT2D eigenvalue weighted by atomic mass is 16.6. The quantitative estimate of drug-likeness (QED) is 0.886. The summed E-state index contributed by atoms with van der Waals surface area (Å²) in [7, 11) is 0. The average molecular weight is 276 g/mol. The van der Waals surface area contributed by atoms with E-state index < -0.39 is 5.54 Å². The van der Waals surface area contributed by atoms with Gasteiger partial charge in [0.2, 0.25) is 5.91 Å². The van der Waals surface area contributed by atoms with Gasteiger partial charge in [0, 0.05) is 11.8 Å². The second-order valence-electron chi connectivity index (χ2n) is 5.49. The van der Waals surface area contributed by atoms with Crippen LogP contribution in [-0.2, 0) is 4.79 Å². The molecule has 0 atom stereocenters. The molecule has 1 amide bonds. The smallest absolute Gasteiger partial charge is 0.243 e. The Kier molecular flexibility index (Phi) is 3.42. The van der Waals surface area contributed by atoms with Gasteiger partial charge in [0.15, 0.2) is 11.5 Å². The minimum atomic E-state index is -0.623. The van der Waals surface area contributed by atoms with Gasteiger partial charge in [0.25, 0.3) is 0 Å². The van der Waals surface area contributed by atoms with Gasteiger partial charge in [-0.05, 0) is 25.0 Å². The number of anilines is 1. The number of hydrogen-bond acceptors (Lipinski definition) is 4. The normalized spacial score (nSPS) is 20.2. The highest BCUT2D eigenvalue weighted by Crippen LogP contribution is 2.36. The molecular weight excluding hydrogens is 256 g/mol. The Hall–Kier alpha value is -1.91. The van der Waals surface area contributed by atoms with Crippen LogP contribution in [0.1, 0.15) is 32.1 Å². The number of carbonyl (C=O) groups is 1. The maximum atomic E-state index is 11.9. The van der Waals surface area contributed by atoms with Gasteiger partial charge in [-0.3, -0.25) is 4.79 Å². The molecule has 1 aromatic carbocycles. The zero-order valence-electron chi connectivity index (χ0n) is 11.5. The first-order valence-electron chi connectivity index (χ1n) is 7.17. The van der Waals surface area contributed by atoms with Crippen LogP contribution in [-0.4, -0.2) is 24.7 Å². The standard InChI is InChI=1S/C15H20N2O3/c16-14(18)15(6-2-1-3-7-15)17-11-4-5-12-13(10-11)20-9-8-19-12/h4-5,10,17H,1-3,6-9H2,(H2,16,18). The zero-order valence-corrected chi connectivity index (χ0v) is 11.5. The first kappa shape index (κ1) is 13.1. The third-order valence-electron chi connectivity index (χ3n) is 4.10. The van der Waals surface area contributed by atoms with E-state index in [4.69, 9.17) is 15.2 Å². The van der Waals surface area contributed by atoms with Crippen molar-refractivity contribution in [2.45, 2.75) is 37.6 Å². The number of ether oxygens (including phenoxy) is 2. The van der Waals surface area contributed by atoms with Crippen molar-refractivity contribution in [2.24, 2.45) is 5.73 Å². The van der Waals surface area contributed by atoms with Gasteiger partial charge in [0.05, 0.1) is 0 Å². The lowest BCUT2D eigenvalue weighted by atomic mass is 9.81. The predicted octanol–water partition coefficient (Wildman–Crippen LogP) is 2.06. The van der Waals surface area contributed by atoms with Crippen LogP contribution in [0.25, 0.3) is 0 Å². The topological polar surface area (TPSA) is 73.6 Å². The second kappa shape index (κ2) is 5.23. The van der Waals surface area contributed by atoms with Gasteiger partial charge in [0.1, 0.15) is 18.8 Å². The molecule has 0 spiro atoms. The van der Waals surface area contributed by atoms with E-state index in [0.29, 0.717) is 13.2 Å². The van der Waals surface area contributed by atoms with Gasteiger partial charge in [-0.25, -0.2) is 0 Å². The van der Waals surface area contributed by atoms with Crippen LogP contribution in [0.2, 0.25) is 0 Å². The van der Waals surface area contributed by atoms with E-state index in [1.807, 2.05) is 18.2 Å². The summed E-state index contributed by atoms with van der Waals surface area (Å²) in [6, 6.07) is 5.66. The molecule has 1 aliphatic carbocycles. The summed E-state index contributed by atoms with van der Waals surface area (Å²) < 4.78 is 11.1. The Balaban J connectivity index is 1.83. The number of primary amides is 1. The Morgan fingerprint density at radius 3 is 2.50 bits per heavy atom. The highest BCUT2D eigenvalue weighted by Gasteiger charge is 2.37. The van der Waals surface area contributed by atoms with Crippen LogP contribution in [0.4, 0.5) is 5.69 Å². The molecule has 5 heteroatoms. The second-order valence-corrected chi connectivity index (χ2v) is 5.49. The van der Waals surface area contributed by atoms with E-state index in [1.165, 1.54) is 0 Å². The average Bonchev–Trinajstić information content (AvgIpc) is 2.48. The minimum Gasteiger partial charge on any atom is -0.486 e. The summed E-state index contributed by atoms with van der Waals surface area (Å²) in [6.07, 6.45) is 4.80. The van der Waals surface area contributed by atoms with Crippen LogP contribution in [0.3, 0.4) is 0 Å². The number of carbonyl (C=O) groups excluding carboxylic acids is 1. The molecule has 1 fully saturated rings. The maximum Gasteiger partial charge on any atom is 0.243 e. The fraction of sp³-hybridized carbons (Fsp3) is 0.533. The zero-order chi connectivity index (χ0) is 14.0. The maximum absolute atomic E-state index is 11.9. The van der Waals surface area contributed by atoms with Crippen molar-refractivity contribution < 1.29 is 14.3 Å². The molecule has 0 unspecified atom stereocenters. The lowest BCUT2D eigenvalue weighted by Gasteiger charge is -2.36. The molecule has 0 bridgehead atoms. The van der Waals surface area contributed by atoms with E-state index in [2.05, 4.69) is 5.32 Å². The van der Waals surface area contributed by atoms with Crippen molar-refractivity contribution in [1.29, 1.82) is 0 Å². The Bertz CT molecular complexity index is 510. The highest BCUT2D eigenvalue weighted by molar-refractivity contribution is 5.88. The predicted molar refractivity (Wildman–Crippen MR) is 76.1 cm³/mol. The number of nitrogens with two attached hydrogens (primary N) is 1. The lowest BCUT2D eigenvalue weighted by molar-refractivity contribution is -0.123. The van der Waals surface area contributed by atoms with Crippen molar-refractivity contribution in [2.75, 3.05) is 18.5 Å². The van der Waals surface area contributed by atoms with Gasteiger partial charge < -0.3 is 20.5 Å². The third kappa shape index (κ3) is 2.40. The number of amides is 1. The molecule has 1 aliphatic heterocycles. The number of benzene rings is 1. The van der Waals surface area contributed by atoms with Gasteiger partial charge in [-0.1, -0.05) is 19.3 Å². The first-order chi connectivity index (χ1) is 9.70. The fourth-order valence-electron chi connectivity index (χ4n) is 2.99. The molecule has 3 rings (SSSR count). The number of rotatable bonds is 3. The molecule has 108 valence electrons. The molecule has 0 saturated heterocycles. The van der Waals surface area contributed by atoms with Crippen LogP contribution in [0.5, 0.6) is 11.5 Å². The van der Waals surface area contributed by atoms with Crippen LogP contribution in [0, 0.1) is 0 Å². The molecule has 5 nitrogen and oxygen atoms in total. The van der Waals surface area contributed by atoms with Gasteiger partial charge in [-0.15, -0.1) is 0 Å². The van der Waals surface area contributed by atoms with Crippen molar-refractivity contribution in [3.05, 3.63) is 18.2 Å². The van der Waals surface area contributed by atoms with Gasteiger partial charge >= 0.3 is 0 Å². The van der Waals surface area contributed by atoms with E-state index in [0.717, 1.165) is 49.3 Å². The number of nitrogens with one attached hydrogen (secondary N) is 1. The summed E-state index contributed by atoms with van der Waals surface area (Å²) >= 11 is 0. The molecule has 1 aromatic rings. The summed E-state index contributed by atoms with van der Waals surface area (Å²) in [5, 5.41) is 3.33. The molecular formula is C15H20N2O3. The Morgan fingerprint density at radius 2 is 1.80 bits per heavy atom. The minimum absolute atomic E-state index is 0.271. The summed E-state index contributed by atoms with van der Waals surface area (Å²) in [4.78, 5) is 11.9. The molecule has 0 radical (unpaired) electrons. The Labute approximate surface area is 118 Å². The van der Waals surface area contributed by atoms with Crippen LogP contribution < -0.4 is 20.5 Å². The molecule has 0 aromatic heterocycles. The van der Waals surface area contributed by atoms with Crippen LogP contribution in [0.15, 0.2) is 18.2 Å². The van der Waals surface area contributed by atoms with Crippen molar-refractivity contribution in [3.8, 4) is 11.5 Å². The molecule has 3 N–H and O–H groups in total. The SMILES string of the molecule is NC(=O)C1(Nc2ccc3c(c2)OCCO3)CCCCC1. The molecule has 20 heavy (non-hydrogen) atoms. The molecule has 1 saturated carbocycles. The number of fused-ring (bicyclic) bond motifs is 1. The largest absolute Gasteiger partial charge is 0.486 e.